The molecule has 1 fully saturated rings. The number of carbonyl (C=O) groups is 1. The van der Waals surface area contributed by atoms with Gasteiger partial charge in [0, 0.05) is 18.0 Å². The van der Waals surface area contributed by atoms with Gasteiger partial charge in [-0.3, -0.25) is 4.79 Å². The van der Waals surface area contributed by atoms with Crippen LogP contribution in [0.2, 0.25) is 0 Å². The number of amides is 1. The summed E-state index contributed by atoms with van der Waals surface area (Å²) in [6.45, 7) is 1.82. The fourth-order valence-corrected chi connectivity index (χ4v) is 1.99. The van der Waals surface area contributed by atoms with Crippen LogP contribution >= 0.6 is 0 Å². The summed E-state index contributed by atoms with van der Waals surface area (Å²) in [5.41, 5.74) is 0.737. The van der Waals surface area contributed by atoms with Gasteiger partial charge in [-0.15, -0.1) is 0 Å². The molecule has 0 bridgehead atoms. The van der Waals surface area contributed by atoms with Gasteiger partial charge in [0.25, 0.3) is 0 Å². The Labute approximate surface area is 97.5 Å². The fourth-order valence-electron chi connectivity index (χ4n) is 1.99. The van der Waals surface area contributed by atoms with Crippen molar-refractivity contribution in [2.24, 2.45) is 0 Å². The van der Waals surface area contributed by atoms with Gasteiger partial charge >= 0.3 is 0 Å². The maximum absolute atomic E-state index is 11.7. The van der Waals surface area contributed by atoms with Gasteiger partial charge in [-0.05, 0) is 26.2 Å². The Hall–Kier alpha value is -1.30. The Kier molecular flexibility index (Phi) is 5.63. The van der Waals surface area contributed by atoms with E-state index in [9.17, 15) is 4.79 Å². The summed E-state index contributed by atoms with van der Waals surface area (Å²) in [6, 6.07) is 2.43. The van der Waals surface area contributed by atoms with Crippen LogP contribution in [0.25, 0.3) is 0 Å². The molecule has 1 aliphatic carbocycles. The smallest absolute Gasteiger partial charge is 0.246 e. The molecule has 0 spiro atoms. The highest BCUT2D eigenvalue weighted by molar-refractivity contribution is 5.92. The molecule has 88 valence electrons. The van der Waals surface area contributed by atoms with Crippen LogP contribution in [0, 0.1) is 11.3 Å². The zero-order chi connectivity index (χ0) is 11.8. The van der Waals surface area contributed by atoms with E-state index in [0.29, 0.717) is 18.9 Å². The molecule has 0 aromatic carbocycles. The van der Waals surface area contributed by atoms with Crippen LogP contribution in [-0.4, -0.2) is 11.9 Å². The van der Waals surface area contributed by atoms with Crippen molar-refractivity contribution in [3.8, 4) is 6.07 Å². The number of unbranched alkanes of at least 4 members (excludes halogenated alkanes) is 1. The van der Waals surface area contributed by atoms with Crippen LogP contribution in [0.3, 0.4) is 0 Å². The van der Waals surface area contributed by atoms with Crippen LogP contribution in [0.5, 0.6) is 0 Å². The van der Waals surface area contributed by atoms with E-state index in [1.54, 1.807) is 0 Å². The molecule has 1 N–H and O–H groups in total. The van der Waals surface area contributed by atoms with Crippen molar-refractivity contribution < 1.29 is 4.79 Å². The molecule has 0 saturated heterocycles. The van der Waals surface area contributed by atoms with Crippen molar-refractivity contribution in [1.29, 1.82) is 5.26 Å². The maximum atomic E-state index is 11.7. The normalized spacial score (nSPS) is 17.9. The zero-order valence-electron chi connectivity index (χ0n) is 9.96. The minimum atomic E-state index is 0.0323. The molecule has 0 aliphatic heterocycles. The van der Waals surface area contributed by atoms with E-state index in [1.165, 1.54) is 19.3 Å². The van der Waals surface area contributed by atoms with E-state index in [0.717, 1.165) is 18.4 Å². The van der Waals surface area contributed by atoms with Gasteiger partial charge in [0.1, 0.15) is 0 Å². The van der Waals surface area contributed by atoms with E-state index in [2.05, 4.69) is 11.4 Å². The van der Waals surface area contributed by atoms with E-state index in [-0.39, 0.29) is 5.91 Å². The Bertz CT molecular complexity index is 296. The number of nitrogens with zero attached hydrogens (tertiary/aromatic N) is 1. The summed E-state index contributed by atoms with van der Waals surface area (Å²) >= 11 is 0. The van der Waals surface area contributed by atoms with Gasteiger partial charge in [-0.2, -0.15) is 5.26 Å². The third kappa shape index (κ3) is 4.48. The number of carbonyl (C=O) groups excluding carboxylic acids is 1. The number of rotatable bonds is 4. The molecule has 0 atom stereocenters. The SMILES string of the molecule is C/C(=C\CCC#N)C(=O)NC1CCCCC1. The Morgan fingerprint density at radius 1 is 1.44 bits per heavy atom. The topological polar surface area (TPSA) is 52.9 Å². The van der Waals surface area contributed by atoms with E-state index < -0.39 is 0 Å². The molecule has 1 amide bonds. The molecular formula is C13H20N2O. The minimum Gasteiger partial charge on any atom is -0.350 e. The molecular weight excluding hydrogens is 200 g/mol. The first-order chi connectivity index (χ1) is 7.74. The molecule has 0 unspecified atom stereocenters. The number of hydrogen-bond acceptors (Lipinski definition) is 2. The first-order valence-corrected chi connectivity index (χ1v) is 6.08. The second-order valence-electron chi connectivity index (χ2n) is 4.39. The largest absolute Gasteiger partial charge is 0.350 e. The van der Waals surface area contributed by atoms with Crippen molar-refractivity contribution in [2.45, 2.75) is 57.9 Å². The molecule has 1 rings (SSSR count). The predicted molar refractivity (Wildman–Crippen MR) is 63.6 cm³/mol. The number of nitriles is 1. The van der Waals surface area contributed by atoms with Crippen molar-refractivity contribution in [2.75, 3.05) is 0 Å². The van der Waals surface area contributed by atoms with E-state index in [1.807, 2.05) is 13.0 Å². The lowest BCUT2D eigenvalue weighted by Gasteiger charge is -2.22. The molecule has 1 aliphatic rings. The molecule has 0 heterocycles. The fraction of sp³-hybridized carbons (Fsp3) is 0.692. The van der Waals surface area contributed by atoms with Gasteiger partial charge in [0.2, 0.25) is 5.91 Å². The summed E-state index contributed by atoms with van der Waals surface area (Å²) in [7, 11) is 0. The van der Waals surface area contributed by atoms with Gasteiger partial charge in [-0.1, -0.05) is 25.3 Å². The van der Waals surface area contributed by atoms with Gasteiger partial charge in [0.15, 0.2) is 0 Å². The molecule has 3 heteroatoms. The van der Waals surface area contributed by atoms with Crippen LogP contribution in [-0.2, 0) is 4.79 Å². The Balaban J connectivity index is 2.32. The first-order valence-electron chi connectivity index (χ1n) is 6.08. The third-order valence-corrected chi connectivity index (χ3v) is 3.01. The predicted octanol–water partition coefficient (Wildman–Crippen LogP) is 2.69. The third-order valence-electron chi connectivity index (χ3n) is 3.01. The summed E-state index contributed by atoms with van der Waals surface area (Å²) in [5.74, 6) is 0.0323. The van der Waals surface area contributed by atoms with Crippen molar-refractivity contribution in [3.05, 3.63) is 11.6 Å². The monoisotopic (exact) mass is 220 g/mol. The molecule has 0 aromatic rings. The zero-order valence-corrected chi connectivity index (χ0v) is 9.96. The molecule has 3 nitrogen and oxygen atoms in total. The molecule has 1 saturated carbocycles. The molecule has 0 aromatic heterocycles. The number of hydrogen-bond donors (Lipinski definition) is 1. The Morgan fingerprint density at radius 3 is 2.75 bits per heavy atom. The second kappa shape index (κ2) is 7.05. The van der Waals surface area contributed by atoms with Crippen LogP contribution in [0.15, 0.2) is 11.6 Å². The Morgan fingerprint density at radius 2 is 2.12 bits per heavy atom. The maximum Gasteiger partial charge on any atom is 0.246 e. The second-order valence-corrected chi connectivity index (χ2v) is 4.39. The van der Waals surface area contributed by atoms with Crippen LogP contribution < -0.4 is 5.32 Å². The van der Waals surface area contributed by atoms with Gasteiger partial charge < -0.3 is 5.32 Å². The quantitative estimate of drug-likeness (QED) is 0.585. The summed E-state index contributed by atoms with van der Waals surface area (Å²) in [5, 5.41) is 11.5. The van der Waals surface area contributed by atoms with Crippen LogP contribution in [0.4, 0.5) is 0 Å². The van der Waals surface area contributed by atoms with E-state index >= 15 is 0 Å². The van der Waals surface area contributed by atoms with E-state index in [4.69, 9.17) is 5.26 Å². The molecule has 0 radical (unpaired) electrons. The van der Waals surface area contributed by atoms with Crippen LogP contribution in [0.1, 0.15) is 51.9 Å². The van der Waals surface area contributed by atoms with Crippen molar-refractivity contribution in [3.63, 3.8) is 0 Å². The number of nitrogens with one attached hydrogen (secondary N) is 1. The highest BCUT2D eigenvalue weighted by Gasteiger charge is 2.15. The first kappa shape index (κ1) is 12.8. The molecule has 16 heavy (non-hydrogen) atoms. The highest BCUT2D eigenvalue weighted by atomic mass is 16.1. The summed E-state index contributed by atoms with van der Waals surface area (Å²) in [4.78, 5) is 11.7. The lowest BCUT2D eigenvalue weighted by atomic mass is 9.95. The van der Waals surface area contributed by atoms with Crippen molar-refractivity contribution >= 4 is 5.91 Å². The number of allylic oxidation sites excluding steroid dienone is 1. The average Bonchev–Trinajstić information content (AvgIpc) is 2.30. The van der Waals surface area contributed by atoms with Gasteiger partial charge in [0.05, 0.1) is 6.07 Å². The average molecular weight is 220 g/mol. The summed E-state index contributed by atoms with van der Waals surface area (Å²) < 4.78 is 0. The lowest BCUT2D eigenvalue weighted by Crippen LogP contribution is -2.36. The van der Waals surface area contributed by atoms with Gasteiger partial charge in [-0.25, -0.2) is 0 Å². The summed E-state index contributed by atoms with van der Waals surface area (Å²) in [6.07, 6.45) is 8.96. The highest BCUT2D eigenvalue weighted by Crippen LogP contribution is 2.17. The minimum absolute atomic E-state index is 0.0323. The van der Waals surface area contributed by atoms with Crippen molar-refractivity contribution in [1.82, 2.24) is 5.32 Å². The standard InChI is InChI=1S/C13H20N2O/c1-11(7-5-6-10-14)13(16)15-12-8-3-2-4-9-12/h7,12H,2-6,8-9H2,1H3,(H,15,16)/b11-7+. The lowest BCUT2D eigenvalue weighted by molar-refractivity contribution is -0.118.